The summed E-state index contributed by atoms with van der Waals surface area (Å²) in [6, 6.07) is 0. The monoisotopic (exact) mass is 207 g/mol. The summed E-state index contributed by atoms with van der Waals surface area (Å²) < 4.78 is 5.45. The third kappa shape index (κ3) is 6.45. The van der Waals surface area contributed by atoms with Gasteiger partial charge < -0.3 is 4.74 Å². The van der Waals surface area contributed by atoms with Gasteiger partial charge in [-0.15, -0.1) is 0 Å². The SMILES string of the molecule is CC.CCOC(=O)C(=O)N(S)CC. The van der Waals surface area contributed by atoms with E-state index in [0.717, 1.165) is 4.31 Å². The molecular formula is C8H17NO3S. The van der Waals surface area contributed by atoms with Gasteiger partial charge in [0.15, 0.2) is 0 Å². The Hall–Kier alpha value is -0.710. The van der Waals surface area contributed by atoms with Crippen LogP contribution in [0.4, 0.5) is 0 Å². The van der Waals surface area contributed by atoms with Gasteiger partial charge in [-0.3, -0.25) is 9.10 Å². The maximum Gasteiger partial charge on any atom is 0.397 e. The Bertz CT molecular complexity index is 161. The first-order valence-corrected chi connectivity index (χ1v) is 4.71. The predicted octanol–water partition coefficient (Wildman–Crippen LogP) is 1.27. The molecule has 0 aliphatic rings. The third-order valence-electron chi connectivity index (χ3n) is 0.984. The van der Waals surface area contributed by atoms with E-state index in [0.29, 0.717) is 6.54 Å². The molecule has 0 aromatic heterocycles. The smallest absolute Gasteiger partial charge is 0.397 e. The van der Waals surface area contributed by atoms with Crippen molar-refractivity contribution in [1.82, 2.24) is 4.31 Å². The largest absolute Gasteiger partial charge is 0.459 e. The highest BCUT2D eigenvalue weighted by Gasteiger charge is 2.18. The number of carbonyl (C=O) groups is 2. The lowest BCUT2D eigenvalue weighted by Gasteiger charge is -2.10. The number of nitrogens with zero attached hydrogens (tertiary/aromatic N) is 1. The first kappa shape index (κ1) is 14.8. The molecule has 13 heavy (non-hydrogen) atoms. The van der Waals surface area contributed by atoms with Gasteiger partial charge in [0, 0.05) is 6.54 Å². The summed E-state index contributed by atoms with van der Waals surface area (Å²) in [5.41, 5.74) is 0. The Morgan fingerprint density at radius 2 is 1.77 bits per heavy atom. The van der Waals surface area contributed by atoms with Gasteiger partial charge in [0.1, 0.15) is 0 Å². The number of rotatable bonds is 2. The molecule has 0 spiro atoms. The van der Waals surface area contributed by atoms with E-state index in [2.05, 4.69) is 17.6 Å². The summed E-state index contributed by atoms with van der Waals surface area (Å²) in [7, 11) is 0. The highest BCUT2D eigenvalue weighted by atomic mass is 32.1. The van der Waals surface area contributed by atoms with Crippen LogP contribution in [0.1, 0.15) is 27.7 Å². The molecule has 0 aliphatic heterocycles. The van der Waals surface area contributed by atoms with Gasteiger partial charge in [0.25, 0.3) is 0 Å². The van der Waals surface area contributed by atoms with Crippen LogP contribution in [-0.4, -0.2) is 29.3 Å². The highest BCUT2D eigenvalue weighted by Crippen LogP contribution is 1.94. The van der Waals surface area contributed by atoms with Crippen LogP contribution in [0.3, 0.4) is 0 Å². The molecule has 0 aromatic rings. The first-order valence-electron chi connectivity index (χ1n) is 4.31. The van der Waals surface area contributed by atoms with E-state index in [4.69, 9.17) is 0 Å². The van der Waals surface area contributed by atoms with Crippen molar-refractivity contribution in [2.45, 2.75) is 27.7 Å². The molecule has 78 valence electrons. The molecule has 0 atom stereocenters. The normalized spacial score (nSPS) is 8.08. The topological polar surface area (TPSA) is 46.6 Å². The zero-order valence-corrected chi connectivity index (χ0v) is 9.43. The van der Waals surface area contributed by atoms with Gasteiger partial charge in [-0.05, 0) is 13.8 Å². The number of ether oxygens (including phenoxy) is 1. The van der Waals surface area contributed by atoms with E-state index in [1.165, 1.54) is 0 Å². The summed E-state index contributed by atoms with van der Waals surface area (Å²) >= 11 is 3.74. The molecular weight excluding hydrogens is 190 g/mol. The van der Waals surface area contributed by atoms with Crippen LogP contribution in [0, 0.1) is 0 Å². The summed E-state index contributed by atoms with van der Waals surface area (Å²) in [6.45, 7) is 7.93. The Balaban J connectivity index is 0. The fourth-order valence-corrected chi connectivity index (χ4v) is 0.523. The van der Waals surface area contributed by atoms with E-state index >= 15 is 0 Å². The maximum absolute atomic E-state index is 10.8. The minimum atomic E-state index is -0.857. The first-order chi connectivity index (χ1) is 6.13. The number of hydrogen-bond acceptors (Lipinski definition) is 4. The van der Waals surface area contributed by atoms with Crippen molar-refractivity contribution in [1.29, 1.82) is 0 Å². The second-order valence-electron chi connectivity index (χ2n) is 1.74. The molecule has 0 unspecified atom stereocenters. The van der Waals surface area contributed by atoms with Crippen molar-refractivity contribution < 1.29 is 14.3 Å². The molecule has 0 aliphatic carbocycles. The third-order valence-corrected chi connectivity index (χ3v) is 1.45. The van der Waals surface area contributed by atoms with Crippen LogP contribution in [0.25, 0.3) is 0 Å². The van der Waals surface area contributed by atoms with Crippen LogP contribution in [0.2, 0.25) is 0 Å². The van der Waals surface area contributed by atoms with Gasteiger partial charge in [-0.25, -0.2) is 4.79 Å². The molecule has 0 heterocycles. The lowest BCUT2D eigenvalue weighted by molar-refractivity contribution is -0.157. The lowest BCUT2D eigenvalue weighted by Crippen LogP contribution is -2.30. The van der Waals surface area contributed by atoms with Crippen molar-refractivity contribution in [3.05, 3.63) is 0 Å². The summed E-state index contributed by atoms with van der Waals surface area (Å²) in [6.07, 6.45) is 0. The fourth-order valence-electron chi connectivity index (χ4n) is 0.442. The predicted molar refractivity (Wildman–Crippen MR) is 54.4 cm³/mol. The van der Waals surface area contributed by atoms with Crippen molar-refractivity contribution in [3.8, 4) is 0 Å². The van der Waals surface area contributed by atoms with Gasteiger partial charge in [-0.2, -0.15) is 0 Å². The zero-order chi connectivity index (χ0) is 10.9. The molecule has 4 nitrogen and oxygen atoms in total. The van der Waals surface area contributed by atoms with Gasteiger partial charge in [0.05, 0.1) is 6.61 Å². The van der Waals surface area contributed by atoms with Crippen molar-refractivity contribution in [2.75, 3.05) is 13.2 Å². The van der Waals surface area contributed by atoms with Crippen molar-refractivity contribution >= 4 is 24.7 Å². The molecule has 1 amide bonds. The summed E-state index contributed by atoms with van der Waals surface area (Å²) in [4.78, 5) is 21.5. The fraction of sp³-hybridized carbons (Fsp3) is 0.750. The minimum Gasteiger partial charge on any atom is -0.459 e. The molecule has 0 bridgehead atoms. The molecule has 0 rings (SSSR count). The zero-order valence-electron chi connectivity index (χ0n) is 8.53. The highest BCUT2D eigenvalue weighted by molar-refractivity contribution is 7.78. The van der Waals surface area contributed by atoms with E-state index in [-0.39, 0.29) is 6.61 Å². The average Bonchev–Trinajstić information content (AvgIpc) is 2.19. The Morgan fingerprint density at radius 3 is 2.08 bits per heavy atom. The van der Waals surface area contributed by atoms with Gasteiger partial charge in [0.2, 0.25) is 0 Å². The lowest BCUT2D eigenvalue weighted by atomic mass is 10.6. The van der Waals surface area contributed by atoms with Gasteiger partial charge in [-0.1, -0.05) is 26.7 Å². The molecule has 0 fully saturated rings. The standard InChI is InChI=1S/C6H11NO3S.C2H6/c1-3-7(11)5(8)6(9)10-4-2;1-2/h11H,3-4H2,1-2H3;1-2H3. The Morgan fingerprint density at radius 1 is 1.31 bits per heavy atom. The molecule has 5 heteroatoms. The Kier molecular flexibility index (Phi) is 10.7. The van der Waals surface area contributed by atoms with Crippen LogP contribution in [0.5, 0.6) is 0 Å². The quantitative estimate of drug-likeness (QED) is 0.421. The van der Waals surface area contributed by atoms with E-state index in [9.17, 15) is 9.59 Å². The second kappa shape index (κ2) is 9.38. The number of esters is 1. The van der Waals surface area contributed by atoms with E-state index in [1.807, 2.05) is 13.8 Å². The van der Waals surface area contributed by atoms with Crippen molar-refractivity contribution in [2.24, 2.45) is 0 Å². The number of carbonyl (C=O) groups excluding carboxylic acids is 2. The van der Waals surface area contributed by atoms with E-state index < -0.39 is 11.9 Å². The number of thiol groups is 1. The Labute approximate surface area is 84.8 Å². The summed E-state index contributed by atoms with van der Waals surface area (Å²) in [5.74, 6) is -1.58. The molecule has 0 saturated heterocycles. The number of amides is 1. The van der Waals surface area contributed by atoms with Crippen LogP contribution in [0.15, 0.2) is 0 Å². The molecule has 0 aromatic carbocycles. The maximum atomic E-state index is 10.8. The van der Waals surface area contributed by atoms with Crippen LogP contribution in [-0.2, 0) is 14.3 Å². The second-order valence-corrected chi connectivity index (χ2v) is 2.22. The number of hydrogen-bond donors (Lipinski definition) is 1. The number of likely N-dealkylation sites (N-methyl/N-ethyl adjacent to an activating group) is 1. The minimum absolute atomic E-state index is 0.204. The average molecular weight is 207 g/mol. The van der Waals surface area contributed by atoms with Crippen LogP contribution >= 0.6 is 12.8 Å². The summed E-state index contributed by atoms with van der Waals surface area (Å²) in [5, 5.41) is 0. The molecule has 0 radical (unpaired) electrons. The molecule has 0 N–H and O–H groups in total. The van der Waals surface area contributed by atoms with E-state index in [1.54, 1.807) is 13.8 Å². The van der Waals surface area contributed by atoms with Crippen molar-refractivity contribution in [3.63, 3.8) is 0 Å². The van der Waals surface area contributed by atoms with Gasteiger partial charge >= 0.3 is 11.9 Å². The molecule has 0 saturated carbocycles. The van der Waals surface area contributed by atoms with Crippen LogP contribution < -0.4 is 0 Å².